The van der Waals surface area contributed by atoms with E-state index in [0.29, 0.717) is 12.8 Å². The van der Waals surface area contributed by atoms with E-state index in [9.17, 15) is 9.59 Å². The smallest absolute Gasteiger partial charge is 0.221 e. The van der Waals surface area contributed by atoms with Crippen molar-refractivity contribution >= 4 is 11.8 Å². The molecule has 0 fully saturated rings. The van der Waals surface area contributed by atoms with E-state index in [4.69, 9.17) is 0 Å². The quantitative estimate of drug-likeness (QED) is 0.0728. The van der Waals surface area contributed by atoms with Gasteiger partial charge in [-0.1, -0.05) is 129 Å². The van der Waals surface area contributed by atoms with Gasteiger partial charge >= 0.3 is 0 Å². The van der Waals surface area contributed by atoms with Crippen molar-refractivity contribution in [1.29, 1.82) is 0 Å². The number of hydrogen-bond acceptors (Lipinski definition) is 4. The number of carbonyl (C=O) groups is 2. The minimum absolute atomic E-state index is 0.157. The fourth-order valence-corrected chi connectivity index (χ4v) is 5.06. The van der Waals surface area contributed by atoms with Crippen molar-refractivity contribution in [3.05, 3.63) is 0 Å². The SMILES string of the molecule is CCCCCCCCCCCCNC(=O)CCNCCCN(C)CCC(=O)NCCCCCCCCCCCC. The first kappa shape index (κ1) is 38.9. The molecular weight excluding hydrogens is 496 g/mol. The minimum Gasteiger partial charge on any atom is -0.356 e. The van der Waals surface area contributed by atoms with Gasteiger partial charge in [-0.15, -0.1) is 0 Å². The summed E-state index contributed by atoms with van der Waals surface area (Å²) in [5.74, 6) is 0.328. The van der Waals surface area contributed by atoms with Crippen LogP contribution in [0.3, 0.4) is 0 Å². The van der Waals surface area contributed by atoms with Crippen molar-refractivity contribution < 1.29 is 9.59 Å². The first-order valence-corrected chi connectivity index (χ1v) is 17.5. The van der Waals surface area contributed by atoms with E-state index in [1.165, 1.54) is 116 Å². The van der Waals surface area contributed by atoms with Crippen LogP contribution in [0.25, 0.3) is 0 Å². The van der Waals surface area contributed by atoms with E-state index in [1.54, 1.807) is 0 Å². The summed E-state index contributed by atoms with van der Waals surface area (Å²) in [6.45, 7) is 9.55. The third-order valence-electron chi connectivity index (χ3n) is 7.85. The molecule has 238 valence electrons. The Balaban J connectivity index is 3.37. The van der Waals surface area contributed by atoms with Crippen LogP contribution in [0.5, 0.6) is 0 Å². The number of unbranched alkanes of at least 4 members (excludes halogenated alkanes) is 18. The molecule has 0 atom stereocenters. The highest BCUT2D eigenvalue weighted by atomic mass is 16.2. The maximum absolute atomic E-state index is 12.1. The second-order valence-corrected chi connectivity index (χ2v) is 12.0. The van der Waals surface area contributed by atoms with E-state index in [0.717, 1.165) is 58.5 Å². The molecule has 0 saturated carbocycles. The number of amides is 2. The third kappa shape index (κ3) is 31.4. The summed E-state index contributed by atoms with van der Waals surface area (Å²) in [5.41, 5.74) is 0. The Hall–Kier alpha value is -1.14. The monoisotopic (exact) mass is 567 g/mol. The average Bonchev–Trinajstić information content (AvgIpc) is 2.95. The van der Waals surface area contributed by atoms with Crippen LogP contribution < -0.4 is 16.0 Å². The van der Waals surface area contributed by atoms with E-state index in [1.807, 2.05) is 0 Å². The lowest BCUT2D eigenvalue weighted by atomic mass is 10.1. The van der Waals surface area contributed by atoms with Gasteiger partial charge in [-0.25, -0.2) is 0 Å². The molecule has 40 heavy (non-hydrogen) atoms. The zero-order chi connectivity index (χ0) is 29.4. The molecule has 0 unspecified atom stereocenters. The molecule has 0 saturated heterocycles. The molecule has 0 aromatic carbocycles. The zero-order valence-electron chi connectivity index (χ0n) is 27.3. The molecule has 0 radical (unpaired) electrons. The summed E-state index contributed by atoms with van der Waals surface area (Å²) in [4.78, 5) is 26.3. The highest BCUT2D eigenvalue weighted by molar-refractivity contribution is 5.76. The zero-order valence-corrected chi connectivity index (χ0v) is 27.3. The molecule has 0 rings (SSSR count). The normalized spacial score (nSPS) is 11.3. The lowest BCUT2D eigenvalue weighted by Crippen LogP contribution is -2.31. The Morgan fingerprint density at radius 3 is 1.30 bits per heavy atom. The van der Waals surface area contributed by atoms with Gasteiger partial charge in [0.15, 0.2) is 0 Å². The van der Waals surface area contributed by atoms with Crippen LogP contribution in [0.4, 0.5) is 0 Å². The van der Waals surface area contributed by atoms with Gasteiger partial charge in [-0.3, -0.25) is 9.59 Å². The molecular formula is C34H70N4O2. The Bertz CT molecular complexity index is 544. The number of carbonyl (C=O) groups excluding carboxylic acids is 2. The number of nitrogens with zero attached hydrogens (tertiary/aromatic N) is 1. The van der Waals surface area contributed by atoms with Crippen LogP contribution in [0.15, 0.2) is 0 Å². The van der Waals surface area contributed by atoms with Crippen LogP contribution in [-0.4, -0.2) is 63.0 Å². The molecule has 0 aliphatic rings. The second-order valence-electron chi connectivity index (χ2n) is 12.0. The van der Waals surface area contributed by atoms with Gasteiger partial charge in [0.1, 0.15) is 0 Å². The summed E-state index contributed by atoms with van der Waals surface area (Å²) in [6.07, 6.45) is 28.6. The molecule has 0 aromatic rings. The van der Waals surface area contributed by atoms with Crippen LogP contribution in [0.1, 0.15) is 162 Å². The fraction of sp³-hybridized carbons (Fsp3) is 0.941. The first-order chi connectivity index (χ1) is 19.6. The van der Waals surface area contributed by atoms with Crippen LogP contribution in [0.2, 0.25) is 0 Å². The van der Waals surface area contributed by atoms with Gasteiger partial charge < -0.3 is 20.9 Å². The lowest BCUT2D eigenvalue weighted by Gasteiger charge is -2.16. The number of rotatable bonds is 32. The van der Waals surface area contributed by atoms with E-state index < -0.39 is 0 Å². The molecule has 0 aliphatic carbocycles. The van der Waals surface area contributed by atoms with Gasteiger partial charge in [0.05, 0.1) is 0 Å². The Labute approximate surface area is 250 Å². The van der Waals surface area contributed by atoms with Crippen molar-refractivity contribution in [3.8, 4) is 0 Å². The number of nitrogens with one attached hydrogen (secondary N) is 3. The maximum Gasteiger partial charge on any atom is 0.221 e. The molecule has 0 bridgehead atoms. The Morgan fingerprint density at radius 2 is 0.850 bits per heavy atom. The Morgan fingerprint density at radius 1 is 0.450 bits per heavy atom. The summed E-state index contributed by atoms with van der Waals surface area (Å²) >= 11 is 0. The average molecular weight is 567 g/mol. The predicted molar refractivity (Wildman–Crippen MR) is 174 cm³/mol. The molecule has 0 spiro atoms. The topological polar surface area (TPSA) is 73.5 Å². The standard InChI is InChI=1S/C34H70N4O2/c1-4-6-8-10-12-14-16-18-20-22-28-36-33(39)25-30-35-27-24-31-38(3)32-26-34(40)37-29-23-21-19-17-15-13-11-9-7-5-2/h35H,4-32H2,1-3H3,(H,36,39)(H,37,40). The predicted octanol–water partition coefficient (Wildman–Crippen LogP) is 7.75. The largest absolute Gasteiger partial charge is 0.356 e. The molecule has 0 aliphatic heterocycles. The van der Waals surface area contributed by atoms with Gasteiger partial charge in [-0.2, -0.15) is 0 Å². The van der Waals surface area contributed by atoms with E-state index in [2.05, 4.69) is 41.7 Å². The summed E-state index contributed by atoms with van der Waals surface area (Å²) < 4.78 is 0. The van der Waals surface area contributed by atoms with E-state index in [-0.39, 0.29) is 11.8 Å². The van der Waals surface area contributed by atoms with Crippen LogP contribution in [-0.2, 0) is 9.59 Å². The van der Waals surface area contributed by atoms with Crippen molar-refractivity contribution in [3.63, 3.8) is 0 Å². The highest BCUT2D eigenvalue weighted by Gasteiger charge is 2.05. The maximum atomic E-state index is 12.1. The van der Waals surface area contributed by atoms with Crippen molar-refractivity contribution in [2.75, 3.05) is 46.3 Å². The molecule has 3 N–H and O–H groups in total. The van der Waals surface area contributed by atoms with Gasteiger partial charge in [0.2, 0.25) is 11.8 Å². The van der Waals surface area contributed by atoms with Crippen LogP contribution >= 0.6 is 0 Å². The van der Waals surface area contributed by atoms with Crippen molar-refractivity contribution in [2.45, 2.75) is 162 Å². The fourth-order valence-electron chi connectivity index (χ4n) is 5.06. The van der Waals surface area contributed by atoms with E-state index >= 15 is 0 Å². The molecule has 6 heteroatoms. The molecule has 6 nitrogen and oxygen atoms in total. The third-order valence-corrected chi connectivity index (χ3v) is 7.85. The molecule has 2 amide bonds. The first-order valence-electron chi connectivity index (χ1n) is 17.5. The lowest BCUT2D eigenvalue weighted by molar-refractivity contribution is -0.122. The molecule has 0 aromatic heterocycles. The number of hydrogen-bond donors (Lipinski definition) is 3. The second kappa shape index (κ2) is 32.4. The summed E-state index contributed by atoms with van der Waals surface area (Å²) in [5, 5.41) is 9.51. The Kier molecular flexibility index (Phi) is 31.5. The summed E-state index contributed by atoms with van der Waals surface area (Å²) in [6, 6.07) is 0. The van der Waals surface area contributed by atoms with Crippen molar-refractivity contribution in [2.24, 2.45) is 0 Å². The summed E-state index contributed by atoms with van der Waals surface area (Å²) in [7, 11) is 2.08. The van der Waals surface area contributed by atoms with Gasteiger partial charge in [-0.05, 0) is 39.4 Å². The highest BCUT2D eigenvalue weighted by Crippen LogP contribution is 2.11. The van der Waals surface area contributed by atoms with Gasteiger partial charge in [0.25, 0.3) is 0 Å². The minimum atomic E-state index is 0.157. The molecule has 0 heterocycles. The van der Waals surface area contributed by atoms with Crippen LogP contribution in [0, 0.1) is 0 Å². The van der Waals surface area contributed by atoms with Crippen molar-refractivity contribution in [1.82, 2.24) is 20.9 Å². The van der Waals surface area contributed by atoms with Gasteiger partial charge in [0, 0.05) is 39.0 Å².